The van der Waals surface area contributed by atoms with Crippen molar-refractivity contribution < 1.29 is 19.0 Å². The summed E-state index contributed by atoms with van der Waals surface area (Å²) in [5, 5.41) is 9.52. The summed E-state index contributed by atoms with van der Waals surface area (Å²) in [6.45, 7) is 2.51. The molecule has 2 heterocycles. The molecule has 3 N–H and O–H groups in total. The van der Waals surface area contributed by atoms with Crippen molar-refractivity contribution in [2.45, 2.75) is 19.6 Å². The molecule has 0 saturated heterocycles. The Balaban J connectivity index is 1.36. The Morgan fingerprint density at radius 2 is 2.00 bits per heavy atom. The summed E-state index contributed by atoms with van der Waals surface area (Å²) in [5.74, 6) is 1.96. The predicted molar refractivity (Wildman–Crippen MR) is 101 cm³/mol. The fraction of sp³-hybridized carbons (Fsp3) is 0.222. The van der Waals surface area contributed by atoms with Gasteiger partial charge in [-0.15, -0.1) is 0 Å². The van der Waals surface area contributed by atoms with Crippen molar-refractivity contribution >= 4 is 34.6 Å². The molecule has 1 amide bonds. The van der Waals surface area contributed by atoms with Crippen LogP contribution in [0.5, 0.6) is 17.2 Å². The first kappa shape index (κ1) is 16.5. The van der Waals surface area contributed by atoms with Crippen LogP contribution in [0.1, 0.15) is 12.5 Å². The summed E-state index contributed by atoms with van der Waals surface area (Å²) >= 11 is 5.33. The predicted octanol–water partition coefficient (Wildman–Crippen LogP) is 2.62. The van der Waals surface area contributed by atoms with Crippen molar-refractivity contribution in [2.24, 2.45) is 0 Å². The lowest BCUT2D eigenvalue weighted by Crippen LogP contribution is -2.34. The van der Waals surface area contributed by atoms with E-state index < -0.39 is 6.10 Å². The van der Waals surface area contributed by atoms with E-state index in [-0.39, 0.29) is 12.7 Å². The molecule has 4 rings (SSSR count). The van der Waals surface area contributed by atoms with Gasteiger partial charge < -0.3 is 30.2 Å². The number of hydrogen-bond donors (Lipinski definition) is 3. The summed E-state index contributed by atoms with van der Waals surface area (Å²) in [4.78, 5) is 11.7. The summed E-state index contributed by atoms with van der Waals surface area (Å²) in [6.07, 6.45) is -0.495. The second kappa shape index (κ2) is 6.72. The van der Waals surface area contributed by atoms with Crippen LogP contribution in [0, 0.1) is 0 Å². The van der Waals surface area contributed by atoms with Gasteiger partial charge in [-0.2, -0.15) is 0 Å². The van der Waals surface area contributed by atoms with E-state index in [9.17, 15) is 4.79 Å². The lowest BCUT2D eigenvalue weighted by atomic mass is 10.2. The van der Waals surface area contributed by atoms with Crippen LogP contribution in [0.2, 0.25) is 0 Å². The number of amides is 1. The zero-order valence-electron chi connectivity index (χ0n) is 14.0. The number of thiocarbonyl (C=S) groups is 1. The number of benzene rings is 2. The molecule has 2 aromatic carbocycles. The summed E-state index contributed by atoms with van der Waals surface area (Å²) in [6, 6.07) is 11.2. The van der Waals surface area contributed by atoms with Gasteiger partial charge >= 0.3 is 0 Å². The van der Waals surface area contributed by atoms with Crippen LogP contribution >= 0.6 is 12.2 Å². The third-order valence-corrected chi connectivity index (χ3v) is 4.30. The Labute approximate surface area is 155 Å². The van der Waals surface area contributed by atoms with Crippen LogP contribution in [0.15, 0.2) is 36.4 Å². The Morgan fingerprint density at radius 3 is 2.88 bits per heavy atom. The maximum atomic E-state index is 11.7. The average molecular weight is 371 g/mol. The molecule has 2 aliphatic rings. The van der Waals surface area contributed by atoms with E-state index in [0.29, 0.717) is 23.1 Å². The molecule has 0 spiro atoms. The Kier molecular flexibility index (Phi) is 4.26. The Bertz CT molecular complexity index is 887. The molecule has 8 heteroatoms. The van der Waals surface area contributed by atoms with Gasteiger partial charge in [0.25, 0.3) is 5.91 Å². The molecule has 0 saturated carbocycles. The molecular weight excluding hydrogens is 354 g/mol. The molecular formula is C18H17N3O4S. The topological polar surface area (TPSA) is 80.8 Å². The van der Waals surface area contributed by atoms with E-state index in [1.54, 1.807) is 19.1 Å². The number of ether oxygens (including phenoxy) is 3. The van der Waals surface area contributed by atoms with Gasteiger partial charge in [-0.1, -0.05) is 6.07 Å². The van der Waals surface area contributed by atoms with Gasteiger partial charge in [0.1, 0.15) is 5.75 Å². The molecule has 2 aliphatic heterocycles. The van der Waals surface area contributed by atoms with Gasteiger partial charge in [0, 0.05) is 12.2 Å². The minimum Gasteiger partial charge on any atom is -0.479 e. The Morgan fingerprint density at radius 1 is 1.19 bits per heavy atom. The first-order valence-corrected chi connectivity index (χ1v) is 8.54. The second-order valence-corrected chi connectivity index (χ2v) is 6.36. The minimum absolute atomic E-state index is 0.168. The summed E-state index contributed by atoms with van der Waals surface area (Å²) in [5.41, 5.74) is 2.40. The maximum absolute atomic E-state index is 11.7. The van der Waals surface area contributed by atoms with Gasteiger partial charge in [0.2, 0.25) is 6.79 Å². The van der Waals surface area contributed by atoms with Crippen molar-refractivity contribution in [1.82, 2.24) is 5.32 Å². The van der Waals surface area contributed by atoms with E-state index in [4.69, 9.17) is 26.4 Å². The number of hydrogen-bond acceptors (Lipinski definition) is 5. The van der Waals surface area contributed by atoms with Crippen LogP contribution in [0.4, 0.5) is 11.4 Å². The van der Waals surface area contributed by atoms with Gasteiger partial charge in [-0.25, -0.2) is 0 Å². The van der Waals surface area contributed by atoms with E-state index in [1.807, 2.05) is 24.3 Å². The normalized spacial score (nSPS) is 17.0. The van der Waals surface area contributed by atoms with Crippen LogP contribution in [0.25, 0.3) is 0 Å². The van der Waals surface area contributed by atoms with Crippen LogP contribution in [-0.4, -0.2) is 23.9 Å². The molecule has 26 heavy (non-hydrogen) atoms. The fourth-order valence-electron chi connectivity index (χ4n) is 2.70. The lowest BCUT2D eigenvalue weighted by molar-refractivity contribution is -0.122. The van der Waals surface area contributed by atoms with Crippen molar-refractivity contribution in [3.05, 3.63) is 42.0 Å². The highest BCUT2D eigenvalue weighted by molar-refractivity contribution is 7.80. The van der Waals surface area contributed by atoms with Gasteiger partial charge in [-0.05, 0) is 55.0 Å². The van der Waals surface area contributed by atoms with Crippen molar-refractivity contribution in [3.8, 4) is 17.2 Å². The molecule has 1 atom stereocenters. The molecule has 0 aromatic heterocycles. The van der Waals surface area contributed by atoms with Crippen LogP contribution < -0.4 is 30.2 Å². The maximum Gasteiger partial charge on any atom is 0.265 e. The van der Waals surface area contributed by atoms with Crippen LogP contribution in [-0.2, 0) is 11.3 Å². The second-order valence-electron chi connectivity index (χ2n) is 5.96. The number of rotatable bonds is 3. The van der Waals surface area contributed by atoms with E-state index in [0.717, 1.165) is 22.7 Å². The fourth-order valence-corrected chi connectivity index (χ4v) is 2.89. The van der Waals surface area contributed by atoms with Crippen LogP contribution in [0.3, 0.4) is 0 Å². The molecule has 0 fully saturated rings. The molecule has 134 valence electrons. The minimum atomic E-state index is -0.495. The van der Waals surface area contributed by atoms with Gasteiger partial charge in [0.15, 0.2) is 22.7 Å². The third kappa shape index (κ3) is 3.36. The SMILES string of the molecule is C[C@H]1Oc2ccc(NC(=S)NCc3ccc4c(c3)OCO4)cc2NC1=O. The molecule has 7 nitrogen and oxygen atoms in total. The van der Waals surface area contributed by atoms with Crippen molar-refractivity contribution in [3.63, 3.8) is 0 Å². The number of fused-ring (bicyclic) bond motifs is 2. The first-order valence-electron chi connectivity index (χ1n) is 8.13. The van der Waals surface area contributed by atoms with Gasteiger partial charge in [0.05, 0.1) is 5.69 Å². The first-order chi connectivity index (χ1) is 12.6. The molecule has 0 aliphatic carbocycles. The largest absolute Gasteiger partial charge is 0.479 e. The van der Waals surface area contributed by atoms with Crippen molar-refractivity contribution in [1.29, 1.82) is 0 Å². The van der Waals surface area contributed by atoms with Crippen molar-refractivity contribution in [2.75, 3.05) is 17.4 Å². The lowest BCUT2D eigenvalue weighted by Gasteiger charge is -2.24. The highest BCUT2D eigenvalue weighted by Gasteiger charge is 2.23. The Hall–Kier alpha value is -3.00. The number of nitrogens with one attached hydrogen (secondary N) is 3. The highest BCUT2D eigenvalue weighted by Crippen LogP contribution is 2.33. The average Bonchev–Trinajstić information content (AvgIpc) is 3.09. The van der Waals surface area contributed by atoms with Gasteiger partial charge in [-0.3, -0.25) is 4.79 Å². The molecule has 0 unspecified atom stereocenters. The number of carbonyl (C=O) groups is 1. The molecule has 0 bridgehead atoms. The molecule has 0 radical (unpaired) electrons. The van der Waals surface area contributed by atoms with E-state index in [2.05, 4.69) is 16.0 Å². The summed E-state index contributed by atoms with van der Waals surface area (Å²) < 4.78 is 16.2. The quantitative estimate of drug-likeness (QED) is 0.716. The highest BCUT2D eigenvalue weighted by atomic mass is 32.1. The summed E-state index contributed by atoms with van der Waals surface area (Å²) in [7, 11) is 0. The smallest absolute Gasteiger partial charge is 0.265 e. The monoisotopic (exact) mass is 371 g/mol. The zero-order valence-corrected chi connectivity index (χ0v) is 14.8. The standard InChI is InChI=1S/C18H17N3O4S/c1-10-17(22)21-13-7-12(3-5-14(13)25-10)20-18(26)19-8-11-2-4-15-16(6-11)24-9-23-15/h2-7,10H,8-9H2,1H3,(H,21,22)(H2,19,20,26)/t10-/m1/s1. The molecule has 2 aromatic rings. The zero-order chi connectivity index (χ0) is 18.1. The number of carbonyl (C=O) groups excluding carboxylic acids is 1. The number of anilines is 2. The van der Waals surface area contributed by atoms with E-state index >= 15 is 0 Å². The van der Waals surface area contributed by atoms with E-state index in [1.165, 1.54) is 0 Å². The third-order valence-electron chi connectivity index (χ3n) is 4.06.